The van der Waals surface area contributed by atoms with E-state index < -0.39 is 0 Å². The number of benzene rings is 1. The van der Waals surface area contributed by atoms with E-state index in [0.717, 1.165) is 34.1 Å². The highest BCUT2D eigenvalue weighted by atomic mass is 79.9. The van der Waals surface area contributed by atoms with Crippen LogP contribution in [0.2, 0.25) is 0 Å². The van der Waals surface area contributed by atoms with Gasteiger partial charge in [-0.05, 0) is 51.5 Å². The summed E-state index contributed by atoms with van der Waals surface area (Å²) in [5, 5.41) is 0. The first-order valence-electron chi connectivity index (χ1n) is 7.17. The number of rotatable bonds is 6. The molecule has 0 fully saturated rings. The van der Waals surface area contributed by atoms with Gasteiger partial charge in [0.1, 0.15) is 11.5 Å². The van der Waals surface area contributed by atoms with Gasteiger partial charge in [0.2, 0.25) is 0 Å². The molecule has 0 N–H and O–H groups in total. The number of halogens is 1. The minimum atomic E-state index is 0.0739. The Kier molecular flexibility index (Phi) is 5.34. The second-order valence-electron chi connectivity index (χ2n) is 4.80. The molecule has 0 bridgehead atoms. The maximum absolute atomic E-state index is 5.68. The number of hydrogen-bond donors (Lipinski definition) is 0. The highest BCUT2D eigenvalue weighted by molar-refractivity contribution is 9.09. The molecular formula is C17H21BrO3. The molecule has 0 radical (unpaired) electrons. The van der Waals surface area contributed by atoms with E-state index in [1.807, 2.05) is 39.8 Å². The molecule has 0 saturated heterocycles. The minimum absolute atomic E-state index is 0.0739. The Hall–Kier alpha value is -1.42. The average Bonchev–Trinajstić information content (AvgIpc) is 2.79. The highest BCUT2D eigenvalue weighted by Gasteiger charge is 2.18. The average molecular weight is 353 g/mol. The maximum atomic E-state index is 5.68. The second-order valence-corrected chi connectivity index (χ2v) is 5.72. The first kappa shape index (κ1) is 16.0. The van der Waals surface area contributed by atoms with E-state index >= 15 is 0 Å². The van der Waals surface area contributed by atoms with Crippen LogP contribution in [0.25, 0.3) is 0 Å². The third kappa shape index (κ3) is 3.62. The fourth-order valence-electron chi connectivity index (χ4n) is 2.31. The van der Waals surface area contributed by atoms with Crippen molar-refractivity contribution in [3.63, 3.8) is 0 Å². The lowest BCUT2D eigenvalue weighted by Gasteiger charge is -2.15. The molecule has 0 aliphatic heterocycles. The van der Waals surface area contributed by atoms with Crippen LogP contribution in [-0.2, 0) is 0 Å². The van der Waals surface area contributed by atoms with Gasteiger partial charge in [-0.2, -0.15) is 0 Å². The van der Waals surface area contributed by atoms with Gasteiger partial charge in [-0.25, -0.2) is 0 Å². The van der Waals surface area contributed by atoms with Crippen molar-refractivity contribution < 1.29 is 13.9 Å². The molecule has 0 amide bonds. The van der Waals surface area contributed by atoms with Crippen LogP contribution in [0.15, 0.2) is 28.7 Å². The molecular weight excluding hydrogens is 332 g/mol. The van der Waals surface area contributed by atoms with Crippen molar-refractivity contribution in [2.75, 3.05) is 13.2 Å². The minimum Gasteiger partial charge on any atom is -0.490 e. The zero-order valence-corrected chi connectivity index (χ0v) is 14.5. The summed E-state index contributed by atoms with van der Waals surface area (Å²) in [6.07, 6.45) is 0. The van der Waals surface area contributed by atoms with Gasteiger partial charge in [0.05, 0.1) is 18.0 Å². The summed E-state index contributed by atoms with van der Waals surface area (Å²) < 4.78 is 16.9. The molecule has 0 aliphatic carbocycles. The lowest BCUT2D eigenvalue weighted by atomic mass is 10.0. The summed E-state index contributed by atoms with van der Waals surface area (Å²) in [5.74, 6) is 3.41. The Morgan fingerprint density at radius 3 is 2.29 bits per heavy atom. The van der Waals surface area contributed by atoms with Gasteiger partial charge in [0.25, 0.3) is 0 Å². The summed E-state index contributed by atoms with van der Waals surface area (Å²) in [4.78, 5) is 0.0739. The van der Waals surface area contributed by atoms with Crippen LogP contribution >= 0.6 is 15.9 Å². The fraction of sp³-hybridized carbons (Fsp3) is 0.412. The Morgan fingerprint density at radius 1 is 1.05 bits per heavy atom. The summed E-state index contributed by atoms with van der Waals surface area (Å²) >= 11 is 3.75. The molecule has 4 heteroatoms. The number of furan rings is 1. The Bertz CT molecular complexity index is 604. The Labute approximate surface area is 134 Å². The van der Waals surface area contributed by atoms with Gasteiger partial charge >= 0.3 is 0 Å². The summed E-state index contributed by atoms with van der Waals surface area (Å²) in [6.45, 7) is 9.11. The van der Waals surface area contributed by atoms with E-state index in [4.69, 9.17) is 13.9 Å². The van der Waals surface area contributed by atoms with Crippen molar-refractivity contribution in [3.05, 3.63) is 46.9 Å². The summed E-state index contributed by atoms with van der Waals surface area (Å²) in [7, 11) is 0. The van der Waals surface area contributed by atoms with Crippen molar-refractivity contribution in [3.8, 4) is 11.5 Å². The standard InChI is InChI=1S/C17H21BrO3/c1-5-19-15-8-7-13(10-16(15)20-6-2)17(18)14-9-11(3)21-12(14)4/h7-10,17H,5-6H2,1-4H3. The zero-order chi connectivity index (χ0) is 15.4. The third-order valence-electron chi connectivity index (χ3n) is 3.21. The molecule has 2 rings (SSSR count). The number of ether oxygens (including phenoxy) is 2. The van der Waals surface area contributed by atoms with Crippen molar-refractivity contribution in [1.82, 2.24) is 0 Å². The number of alkyl halides is 1. The van der Waals surface area contributed by atoms with E-state index in [9.17, 15) is 0 Å². The van der Waals surface area contributed by atoms with E-state index in [-0.39, 0.29) is 4.83 Å². The van der Waals surface area contributed by atoms with Gasteiger partial charge in [-0.1, -0.05) is 22.0 Å². The van der Waals surface area contributed by atoms with Crippen LogP contribution in [0, 0.1) is 13.8 Å². The van der Waals surface area contributed by atoms with Gasteiger partial charge < -0.3 is 13.9 Å². The molecule has 1 aromatic heterocycles. The van der Waals surface area contributed by atoms with E-state index in [1.54, 1.807) is 0 Å². The first-order chi connectivity index (χ1) is 10.1. The zero-order valence-electron chi connectivity index (χ0n) is 12.9. The molecule has 0 saturated carbocycles. The first-order valence-corrected chi connectivity index (χ1v) is 8.08. The van der Waals surface area contributed by atoms with Crippen molar-refractivity contribution >= 4 is 15.9 Å². The quantitative estimate of drug-likeness (QED) is 0.671. The van der Waals surface area contributed by atoms with Gasteiger partial charge in [-0.15, -0.1) is 0 Å². The van der Waals surface area contributed by atoms with E-state index in [0.29, 0.717) is 13.2 Å². The molecule has 1 heterocycles. The van der Waals surface area contributed by atoms with Crippen molar-refractivity contribution in [1.29, 1.82) is 0 Å². The Balaban J connectivity index is 2.35. The molecule has 1 atom stereocenters. The summed E-state index contributed by atoms with van der Waals surface area (Å²) in [6, 6.07) is 8.09. The Morgan fingerprint density at radius 2 is 1.71 bits per heavy atom. The fourth-order valence-corrected chi connectivity index (χ4v) is 3.05. The van der Waals surface area contributed by atoms with Crippen LogP contribution < -0.4 is 9.47 Å². The van der Waals surface area contributed by atoms with Crippen LogP contribution in [-0.4, -0.2) is 13.2 Å². The molecule has 3 nitrogen and oxygen atoms in total. The summed E-state index contributed by atoms with van der Waals surface area (Å²) in [5.41, 5.74) is 2.25. The van der Waals surface area contributed by atoms with Crippen molar-refractivity contribution in [2.24, 2.45) is 0 Å². The highest BCUT2D eigenvalue weighted by Crippen LogP contribution is 2.38. The van der Waals surface area contributed by atoms with Crippen LogP contribution in [0.3, 0.4) is 0 Å². The second kappa shape index (κ2) is 7.03. The maximum Gasteiger partial charge on any atom is 0.161 e. The molecule has 21 heavy (non-hydrogen) atoms. The van der Waals surface area contributed by atoms with Crippen molar-refractivity contribution in [2.45, 2.75) is 32.5 Å². The van der Waals surface area contributed by atoms with Gasteiger partial charge in [0.15, 0.2) is 11.5 Å². The van der Waals surface area contributed by atoms with Crippen LogP contribution in [0.1, 0.15) is 41.3 Å². The monoisotopic (exact) mass is 352 g/mol. The lowest BCUT2D eigenvalue weighted by Crippen LogP contribution is -2.00. The van der Waals surface area contributed by atoms with E-state index in [1.165, 1.54) is 0 Å². The molecule has 0 spiro atoms. The van der Waals surface area contributed by atoms with Crippen LogP contribution in [0.4, 0.5) is 0 Å². The van der Waals surface area contributed by atoms with Gasteiger partial charge in [-0.3, -0.25) is 0 Å². The topological polar surface area (TPSA) is 31.6 Å². The molecule has 0 aliphatic rings. The normalized spacial score (nSPS) is 12.2. The SMILES string of the molecule is CCOc1ccc(C(Br)c2cc(C)oc2C)cc1OCC. The smallest absolute Gasteiger partial charge is 0.161 e. The molecule has 1 aromatic carbocycles. The van der Waals surface area contributed by atoms with Gasteiger partial charge in [0, 0.05) is 5.56 Å². The predicted octanol–water partition coefficient (Wildman–Crippen LogP) is 5.18. The molecule has 2 aromatic rings. The van der Waals surface area contributed by atoms with E-state index in [2.05, 4.69) is 28.1 Å². The largest absolute Gasteiger partial charge is 0.490 e. The number of hydrogen-bond acceptors (Lipinski definition) is 3. The predicted molar refractivity (Wildman–Crippen MR) is 87.7 cm³/mol. The lowest BCUT2D eigenvalue weighted by molar-refractivity contribution is 0.287. The molecule has 114 valence electrons. The number of aryl methyl sites for hydroxylation is 2. The van der Waals surface area contributed by atoms with Crippen LogP contribution in [0.5, 0.6) is 11.5 Å². The third-order valence-corrected chi connectivity index (χ3v) is 4.23. The molecule has 1 unspecified atom stereocenters.